The van der Waals surface area contributed by atoms with Crippen LogP contribution in [-0.4, -0.2) is 10.6 Å². The largest absolute Gasteiger partial charge is 0.323 e. The molecule has 0 saturated heterocycles. The Morgan fingerprint density at radius 2 is 1.74 bits per heavy atom. The number of amides is 2. The molecule has 0 bridgehead atoms. The van der Waals surface area contributed by atoms with E-state index in [0.29, 0.717) is 12.6 Å². The molecule has 2 N–H and O–H groups in total. The third-order valence-corrected chi connectivity index (χ3v) is 4.52. The van der Waals surface area contributed by atoms with Gasteiger partial charge in [-0.05, 0) is 35.9 Å². The lowest BCUT2D eigenvalue weighted by molar-refractivity contribution is 0.262. The van der Waals surface area contributed by atoms with Crippen molar-refractivity contribution < 1.29 is 13.6 Å². The van der Waals surface area contributed by atoms with Gasteiger partial charge in [-0.3, -0.25) is 4.79 Å². The summed E-state index contributed by atoms with van der Waals surface area (Å²) in [5, 5.41) is 4.63. The van der Waals surface area contributed by atoms with E-state index >= 15 is 0 Å². The van der Waals surface area contributed by atoms with Gasteiger partial charge in [0, 0.05) is 16.7 Å². The molecule has 0 unspecified atom stereocenters. The maximum absolute atomic E-state index is 13.6. The van der Waals surface area contributed by atoms with Gasteiger partial charge in [0.2, 0.25) is 0 Å². The quantitative estimate of drug-likeness (QED) is 0.632. The number of nitrogens with zero attached hydrogens (tertiary/aromatic N) is 1. The van der Waals surface area contributed by atoms with Crippen LogP contribution >= 0.6 is 15.9 Å². The predicted molar refractivity (Wildman–Crippen MR) is 103 cm³/mol. The summed E-state index contributed by atoms with van der Waals surface area (Å²) in [7, 11) is 0. The third-order valence-electron chi connectivity index (χ3n) is 3.75. The van der Waals surface area contributed by atoms with Crippen molar-refractivity contribution in [1.82, 2.24) is 4.57 Å². The Balaban J connectivity index is 1.76. The van der Waals surface area contributed by atoms with Gasteiger partial charge in [-0.15, -0.1) is 0 Å². The molecule has 0 aliphatic carbocycles. The summed E-state index contributed by atoms with van der Waals surface area (Å²) in [4.78, 5) is 24.6. The second-order valence-electron chi connectivity index (χ2n) is 5.65. The van der Waals surface area contributed by atoms with Crippen LogP contribution in [0.2, 0.25) is 0 Å². The minimum absolute atomic E-state index is 0.0320. The Morgan fingerprint density at radius 1 is 1.00 bits per heavy atom. The normalized spacial score (nSPS) is 10.5. The summed E-state index contributed by atoms with van der Waals surface area (Å²) in [6, 6.07) is 12.5. The number of urea groups is 1. The van der Waals surface area contributed by atoms with Gasteiger partial charge in [-0.1, -0.05) is 34.1 Å². The zero-order valence-corrected chi connectivity index (χ0v) is 15.5. The highest BCUT2D eigenvalue weighted by Crippen LogP contribution is 2.17. The predicted octanol–water partition coefficient (Wildman–Crippen LogP) is 4.58. The molecule has 2 aromatic carbocycles. The number of benzene rings is 2. The van der Waals surface area contributed by atoms with Gasteiger partial charge in [0.15, 0.2) is 0 Å². The fraction of sp³-hybridized carbons (Fsp3) is 0.0526. The Morgan fingerprint density at radius 3 is 2.48 bits per heavy atom. The average Bonchev–Trinajstić information content (AvgIpc) is 2.63. The van der Waals surface area contributed by atoms with E-state index in [0.717, 1.165) is 22.2 Å². The maximum Gasteiger partial charge on any atom is 0.323 e. The summed E-state index contributed by atoms with van der Waals surface area (Å²) >= 11 is 3.43. The Labute approximate surface area is 161 Å². The van der Waals surface area contributed by atoms with Gasteiger partial charge < -0.3 is 15.2 Å². The molecule has 0 aliphatic rings. The van der Waals surface area contributed by atoms with Crippen LogP contribution < -0.4 is 16.2 Å². The monoisotopic (exact) mass is 433 g/mol. The number of rotatable bonds is 4. The highest BCUT2D eigenvalue weighted by atomic mass is 79.9. The topological polar surface area (TPSA) is 63.1 Å². The van der Waals surface area contributed by atoms with E-state index in [2.05, 4.69) is 26.6 Å². The van der Waals surface area contributed by atoms with Crippen molar-refractivity contribution in [2.45, 2.75) is 6.54 Å². The highest BCUT2D eigenvalue weighted by molar-refractivity contribution is 9.10. The highest BCUT2D eigenvalue weighted by Gasteiger charge is 2.11. The van der Waals surface area contributed by atoms with Crippen molar-refractivity contribution in [2.24, 2.45) is 0 Å². The summed E-state index contributed by atoms with van der Waals surface area (Å²) in [5.74, 6) is -1.67. The fourth-order valence-electron chi connectivity index (χ4n) is 2.43. The first kappa shape index (κ1) is 18.8. The standard InChI is InChI=1S/C19H14BrF2N3O2/c20-14-5-2-1-4-12(14)11-25-9-3-6-17(18(25)26)24-19(27)23-16-8-7-13(21)10-15(16)22/h1-10H,11H2,(H2,23,24,27). The van der Waals surface area contributed by atoms with Crippen LogP contribution in [0, 0.1) is 11.6 Å². The first-order valence-corrected chi connectivity index (χ1v) is 8.69. The van der Waals surface area contributed by atoms with Crippen molar-refractivity contribution in [1.29, 1.82) is 0 Å². The molecule has 2 amide bonds. The van der Waals surface area contributed by atoms with Crippen LogP contribution in [0.3, 0.4) is 0 Å². The number of anilines is 2. The minimum atomic E-state index is -0.912. The molecule has 1 aromatic heterocycles. The van der Waals surface area contributed by atoms with Crippen LogP contribution in [0.4, 0.5) is 25.0 Å². The SMILES string of the molecule is O=C(Nc1ccc(F)cc1F)Nc1cccn(Cc2ccccc2Br)c1=O. The summed E-state index contributed by atoms with van der Waals surface area (Å²) in [6.07, 6.45) is 1.60. The van der Waals surface area contributed by atoms with Crippen LogP contribution in [0.1, 0.15) is 5.56 Å². The molecule has 0 aliphatic heterocycles. The molecule has 5 nitrogen and oxygen atoms in total. The molecule has 0 radical (unpaired) electrons. The zero-order valence-electron chi connectivity index (χ0n) is 13.9. The first-order valence-electron chi connectivity index (χ1n) is 7.90. The Hall–Kier alpha value is -3.00. The average molecular weight is 434 g/mol. The lowest BCUT2D eigenvalue weighted by Gasteiger charge is -2.11. The Bertz CT molecular complexity index is 1050. The van der Waals surface area contributed by atoms with Crippen molar-refractivity contribution in [3.05, 3.63) is 92.8 Å². The lowest BCUT2D eigenvalue weighted by atomic mass is 10.2. The van der Waals surface area contributed by atoms with Crippen LogP contribution in [-0.2, 0) is 6.54 Å². The molecule has 8 heteroatoms. The van der Waals surface area contributed by atoms with Crippen molar-refractivity contribution in [3.63, 3.8) is 0 Å². The lowest BCUT2D eigenvalue weighted by Crippen LogP contribution is -2.28. The van der Waals surface area contributed by atoms with Gasteiger partial charge in [0.05, 0.1) is 12.2 Å². The number of carbonyl (C=O) groups is 1. The third kappa shape index (κ3) is 4.59. The van der Waals surface area contributed by atoms with E-state index < -0.39 is 23.2 Å². The van der Waals surface area contributed by atoms with E-state index in [1.165, 1.54) is 10.6 Å². The number of aromatic nitrogens is 1. The second-order valence-corrected chi connectivity index (χ2v) is 6.50. The molecule has 1 heterocycles. The molecule has 0 saturated carbocycles. The van der Waals surface area contributed by atoms with E-state index in [1.54, 1.807) is 12.3 Å². The summed E-state index contributed by atoms with van der Waals surface area (Å²) < 4.78 is 28.8. The van der Waals surface area contributed by atoms with Crippen LogP contribution in [0.25, 0.3) is 0 Å². The number of hydrogen-bond donors (Lipinski definition) is 2. The van der Waals surface area contributed by atoms with Crippen LogP contribution in [0.15, 0.2) is 70.1 Å². The van der Waals surface area contributed by atoms with E-state index in [9.17, 15) is 18.4 Å². The van der Waals surface area contributed by atoms with E-state index in [4.69, 9.17) is 0 Å². The van der Waals surface area contributed by atoms with Crippen molar-refractivity contribution in [3.8, 4) is 0 Å². The van der Waals surface area contributed by atoms with Gasteiger partial charge in [-0.2, -0.15) is 0 Å². The molecular weight excluding hydrogens is 420 g/mol. The molecule has 0 fully saturated rings. The molecule has 0 spiro atoms. The summed E-state index contributed by atoms with van der Waals surface area (Å²) in [6.45, 7) is 0.310. The molecule has 3 rings (SSSR count). The van der Waals surface area contributed by atoms with Crippen molar-refractivity contribution in [2.75, 3.05) is 10.6 Å². The molecular formula is C19H14BrF2N3O2. The first-order chi connectivity index (χ1) is 12.9. The van der Waals surface area contributed by atoms with Gasteiger partial charge in [0.25, 0.3) is 5.56 Å². The van der Waals surface area contributed by atoms with Gasteiger partial charge >= 0.3 is 6.03 Å². The number of hydrogen-bond acceptors (Lipinski definition) is 2. The molecule has 0 atom stereocenters. The summed E-state index contributed by atoms with van der Waals surface area (Å²) in [5.41, 5.74) is 0.320. The molecule has 3 aromatic rings. The minimum Gasteiger partial charge on any atom is -0.309 e. The van der Waals surface area contributed by atoms with E-state index in [-0.39, 0.29) is 11.4 Å². The van der Waals surface area contributed by atoms with Gasteiger partial charge in [-0.25, -0.2) is 13.6 Å². The number of nitrogens with one attached hydrogen (secondary N) is 2. The van der Waals surface area contributed by atoms with Crippen LogP contribution in [0.5, 0.6) is 0 Å². The number of halogens is 3. The van der Waals surface area contributed by atoms with Gasteiger partial charge in [0.1, 0.15) is 17.3 Å². The molecule has 138 valence electrons. The maximum atomic E-state index is 13.6. The van der Waals surface area contributed by atoms with Crippen molar-refractivity contribution >= 4 is 33.3 Å². The Kier molecular flexibility index (Phi) is 5.66. The second kappa shape index (κ2) is 8.13. The fourth-order valence-corrected chi connectivity index (χ4v) is 2.84. The number of carbonyl (C=O) groups excluding carboxylic acids is 1. The zero-order chi connectivity index (χ0) is 19.4. The molecule has 27 heavy (non-hydrogen) atoms. The number of pyridine rings is 1. The smallest absolute Gasteiger partial charge is 0.309 e. The van der Waals surface area contributed by atoms with E-state index in [1.807, 2.05) is 24.3 Å².